The largest absolute Gasteiger partial charge is 0.135 e. The lowest BCUT2D eigenvalue weighted by atomic mass is 9.83. The van der Waals surface area contributed by atoms with E-state index in [0.29, 0.717) is 0 Å². The molecule has 0 bridgehead atoms. The van der Waals surface area contributed by atoms with Crippen LogP contribution in [0.2, 0.25) is 0 Å². The van der Waals surface area contributed by atoms with Gasteiger partial charge >= 0.3 is 0 Å². The van der Waals surface area contributed by atoms with Gasteiger partial charge in [-0.25, -0.2) is 0 Å². The third kappa shape index (κ3) is 5.35. The van der Waals surface area contributed by atoms with Gasteiger partial charge < -0.3 is 0 Å². The maximum atomic E-state index is 2.43. The average molecular weight is 715 g/mol. The van der Waals surface area contributed by atoms with Crippen LogP contribution in [0.3, 0.4) is 0 Å². The van der Waals surface area contributed by atoms with E-state index in [1.807, 2.05) is 11.3 Å². The third-order valence-electron chi connectivity index (χ3n) is 11.2. The molecule has 10 aromatic carbocycles. The van der Waals surface area contributed by atoms with E-state index in [0.717, 1.165) is 0 Å². The lowest BCUT2D eigenvalue weighted by Gasteiger charge is -2.20. The molecule has 0 atom stereocenters. The summed E-state index contributed by atoms with van der Waals surface area (Å²) < 4.78 is 2.67. The molecule has 0 unspecified atom stereocenters. The molecule has 0 amide bonds. The molecular weight excluding hydrogens is 681 g/mol. The van der Waals surface area contributed by atoms with Crippen molar-refractivity contribution in [2.24, 2.45) is 0 Å². The molecule has 256 valence electrons. The number of fused-ring (bicyclic) bond motifs is 6. The van der Waals surface area contributed by atoms with Gasteiger partial charge in [0.25, 0.3) is 0 Å². The average Bonchev–Trinajstić information content (AvgIpc) is 3.65. The number of benzene rings is 10. The van der Waals surface area contributed by atoms with Crippen LogP contribution in [0, 0.1) is 0 Å². The predicted octanol–water partition coefficient (Wildman–Crippen LogP) is 15.8. The van der Waals surface area contributed by atoms with Crippen molar-refractivity contribution in [3.05, 3.63) is 206 Å². The fraction of sp³-hybridized carbons (Fsp3) is 0. The number of hydrogen-bond acceptors (Lipinski definition) is 1. The second-order valence-electron chi connectivity index (χ2n) is 14.4. The van der Waals surface area contributed by atoms with Crippen LogP contribution in [0.25, 0.3) is 108 Å². The Bertz CT molecular complexity index is 3240. The smallest absolute Gasteiger partial charge is 0.0433 e. The zero-order valence-corrected chi connectivity index (χ0v) is 30.9. The highest BCUT2D eigenvalue weighted by molar-refractivity contribution is 7.26. The summed E-state index contributed by atoms with van der Waals surface area (Å²) in [6.07, 6.45) is 0. The fourth-order valence-corrected chi connectivity index (χ4v) is 9.87. The summed E-state index contributed by atoms with van der Waals surface area (Å²) in [5, 5.41) is 10.2. The van der Waals surface area contributed by atoms with Gasteiger partial charge in [0.1, 0.15) is 0 Å². The van der Waals surface area contributed by atoms with Crippen molar-refractivity contribution < 1.29 is 0 Å². The van der Waals surface area contributed by atoms with E-state index in [-0.39, 0.29) is 0 Å². The molecule has 1 aromatic heterocycles. The monoisotopic (exact) mass is 714 g/mol. The molecule has 0 spiro atoms. The fourth-order valence-electron chi connectivity index (χ4n) is 8.63. The summed E-state index contributed by atoms with van der Waals surface area (Å²) in [4.78, 5) is 0. The first kappa shape index (κ1) is 31.7. The third-order valence-corrected chi connectivity index (χ3v) is 12.5. The minimum atomic E-state index is 1.21. The van der Waals surface area contributed by atoms with Crippen LogP contribution in [0.5, 0.6) is 0 Å². The van der Waals surface area contributed by atoms with Gasteiger partial charge in [0.2, 0.25) is 0 Å². The summed E-state index contributed by atoms with van der Waals surface area (Å²) in [6, 6.07) is 76.1. The normalized spacial score (nSPS) is 11.6. The Morgan fingerprint density at radius 1 is 0.255 bits per heavy atom. The van der Waals surface area contributed by atoms with Gasteiger partial charge in [-0.2, -0.15) is 0 Å². The van der Waals surface area contributed by atoms with E-state index in [2.05, 4.69) is 206 Å². The van der Waals surface area contributed by atoms with E-state index in [9.17, 15) is 0 Å². The first-order valence-corrected chi connectivity index (χ1v) is 19.7. The molecule has 0 saturated heterocycles. The quantitative estimate of drug-likeness (QED) is 0.156. The predicted molar refractivity (Wildman–Crippen MR) is 239 cm³/mol. The van der Waals surface area contributed by atoms with Crippen molar-refractivity contribution in [1.29, 1.82) is 0 Å². The molecule has 0 aliphatic heterocycles. The maximum absolute atomic E-state index is 2.43. The second kappa shape index (κ2) is 13.0. The maximum Gasteiger partial charge on any atom is 0.0433 e. The summed E-state index contributed by atoms with van der Waals surface area (Å²) in [6.45, 7) is 0. The van der Waals surface area contributed by atoms with Crippen LogP contribution in [-0.2, 0) is 0 Å². The van der Waals surface area contributed by atoms with Crippen molar-refractivity contribution in [2.75, 3.05) is 0 Å². The molecule has 11 aromatic rings. The molecule has 0 fully saturated rings. The van der Waals surface area contributed by atoms with Crippen LogP contribution in [0.15, 0.2) is 206 Å². The molecular formula is C54H34S. The van der Waals surface area contributed by atoms with Crippen molar-refractivity contribution in [3.63, 3.8) is 0 Å². The second-order valence-corrected chi connectivity index (χ2v) is 15.5. The van der Waals surface area contributed by atoms with Crippen LogP contribution < -0.4 is 0 Å². The highest BCUT2D eigenvalue weighted by Gasteiger charge is 2.19. The number of hydrogen-bond donors (Lipinski definition) is 0. The molecule has 0 radical (unpaired) electrons. The lowest BCUT2D eigenvalue weighted by molar-refractivity contribution is 1.61. The number of rotatable bonds is 5. The van der Waals surface area contributed by atoms with Crippen LogP contribution in [-0.4, -0.2) is 0 Å². The molecule has 55 heavy (non-hydrogen) atoms. The number of thiophene rings is 1. The Kier molecular flexibility index (Phi) is 7.46. The van der Waals surface area contributed by atoms with Gasteiger partial charge in [-0.05, 0) is 118 Å². The van der Waals surface area contributed by atoms with Gasteiger partial charge in [-0.3, -0.25) is 0 Å². The van der Waals surface area contributed by atoms with Crippen LogP contribution in [0.1, 0.15) is 0 Å². The first-order chi connectivity index (χ1) is 27.3. The Morgan fingerprint density at radius 2 is 0.764 bits per heavy atom. The van der Waals surface area contributed by atoms with E-state index in [1.165, 1.54) is 108 Å². The lowest BCUT2D eigenvalue weighted by Crippen LogP contribution is -1.92. The summed E-state index contributed by atoms with van der Waals surface area (Å²) in [5.41, 5.74) is 12.4. The van der Waals surface area contributed by atoms with Crippen molar-refractivity contribution in [3.8, 4) is 55.6 Å². The van der Waals surface area contributed by atoms with E-state index >= 15 is 0 Å². The first-order valence-electron chi connectivity index (χ1n) is 18.9. The van der Waals surface area contributed by atoms with Crippen molar-refractivity contribution >= 4 is 63.8 Å². The van der Waals surface area contributed by atoms with Gasteiger partial charge in [0.15, 0.2) is 0 Å². The van der Waals surface area contributed by atoms with Crippen molar-refractivity contribution in [2.45, 2.75) is 0 Å². The van der Waals surface area contributed by atoms with E-state index < -0.39 is 0 Å². The van der Waals surface area contributed by atoms with Gasteiger partial charge in [0, 0.05) is 20.2 Å². The molecule has 1 heterocycles. The van der Waals surface area contributed by atoms with Gasteiger partial charge in [0.05, 0.1) is 0 Å². The topological polar surface area (TPSA) is 0 Å². The summed E-state index contributed by atoms with van der Waals surface area (Å²) >= 11 is 1.89. The molecule has 0 saturated carbocycles. The highest BCUT2D eigenvalue weighted by Crippen LogP contribution is 2.47. The zero-order chi connectivity index (χ0) is 36.3. The highest BCUT2D eigenvalue weighted by atomic mass is 32.1. The Hall–Kier alpha value is -6.80. The van der Waals surface area contributed by atoms with Crippen LogP contribution in [0.4, 0.5) is 0 Å². The molecule has 0 aliphatic carbocycles. The minimum Gasteiger partial charge on any atom is -0.135 e. The molecule has 1 heteroatoms. The van der Waals surface area contributed by atoms with Crippen molar-refractivity contribution in [1.82, 2.24) is 0 Å². The Morgan fingerprint density at radius 3 is 1.47 bits per heavy atom. The summed E-state index contributed by atoms with van der Waals surface area (Å²) in [7, 11) is 0. The van der Waals surface area contributed by atoms with Crippen LogP contribution >= 0.6 is 11.3 Å². The Balaban J connectivity index is 1.15. The van der Waals surface area contributed by atoms with Gasteiger partial charge in [-0.1, -0.05) is 176 Å². The minimum absolute atomic E-state index is 1.21. The zero-order valence-electron chi connectivity index (χ0n) is 30.0. The molecule has 0 N–H and O–H groups in total. The molecule has 11 rings (SSSR count). The SMILES string of the molecule is c1ccc(-c2c3ccc(-c4ccc5ccccc5c4)cc3c(-c3ccccc3)c3ccc(-c4cccc(-c5cccc6c5sc5ccccc56)c4)cc23)cc1. The summed E-state index contributed by atoms with van der Waals surface area (Å²) in [5.74, 6) is 0. The molecule has 0 nitrogen and oxygen atoms in total. The van der Waals surface area contributed by atoms with E-state index in [1.54, 1.807) is 0 Å². The molecule has 0 aliphatic rings. The van der Waals surface area contributed by atoms with E-state index in [4.69, 9.17) is 0 Å². The van der Waals surface area contributed by atoms with Gasteiger partial charge in [-0.15, -0.1) is 11.3 Å². The standard InChI is InChI=1S/C54H34S/c1-3-14-36(15-4-1)52-47-30-28-42(40-26-25-35-13-7-8-18-38(35)31-40)34-50(47)53(37-16-5-2-6-17-37)46-29-27-41(33-49(46)52)39-19-11-20-43(32-39)44-22-12-23-48-45-21-9-10-24-51(45)55-54(44)48/h1-34H. The Labute approximate surface area is 324 Å².